The molecular weight excluding hydrogens is 388 g/mol. The third-order valence-corrected chi connectivity index (χ3v) is 4.16. The fraction of sp³-hybridized carbons (Fsp3) is 0.318. The number of amides is 2. The first-order valence-electron chi connectivity index (χ1n) is 9.60. The molecular formula is C22H26N2O6. The van der Waals surface area contributed by atoms with Gasteiger partial charge in [-0.3, -0.25) is 9.59 Å². The molecule has 0 spiro atoms. The van der Waals surface area contributed by atoms with Crippen LogP contribution in [0.4, 0.5) is 5.69 Å². The van der Waals surface area contributed by atoms with Crippen LogP contribution in [0.15, 0.2) is 48.5 Å². The number of esters is 1. The van der Waals surface area contributed by atoms with E-state index in [2.05, 4.69) is 10.6 Å². The van der Waals surface area contributed by atoms with Crippen LogP contribution in [0.1, 0.15) is 31.1 Å². The zero-order valence-electron chi connectivity index (χ0n) is 17.2. The van der Waals surface area contributed by atoms with E-state index in [0.29, 0.717) is 17.9 Å². The fourth-order valence-electron chi connectivity index (χ4n) is 2.64. The molecule has 2 amide bonds. The van der Waals surface area contributed by atoms with Crippen LogP contribution >= 0.6 is 0 Å². The van der Waals surface area contributed by atoms with Crippen LogP contribution in [0.25, 0.3) is 0 Å². The highest BCUT2D eigenvalue weighted by Gasteiger charge is 2.27. The number of phenols is 1. The number of nitrogens with one attached hydrogen (secondary N) is 2. The van der Waals surface area contributed by atoms with Gasteiger partial charge in [0.25, 0.3) is 11.8 Å². The molecule has 2 aromatic carbocycles. The van der Waals surface area contributed by atoms with E-state index in [-0.39, 0.29) is 17.4 Å². The van der Waals surface area contributed by atoms with Gasteiger partial charge >= 0.3 is 5.97 Å². The molecule has 0 radical (unpaired) electrons. The van der Waals surface area contributed by atoms with Crippen molar-refractivity contribution in [3.05, 3.63) is 54.1 Å². The minimum absolute atomic E-state index is 0.0996. The molecule has 30 heavy (non-hydrogen) atoms. The second kappa shape index (κ2) is 10.8. The molecule has 1 atom stereocenters. The molecule has 2 aromatic rings. The molecule has 0 unspecified atom stereocenters. The number of benzene rings is 2. The number of anilines is 1. The van der Waals surface area contributed by atoms with Gasteiger partial charge in [-0.05, 0) is 37.1 Å². The van der Waals surface area contributed by atoms with E-state index in [4.69, 9.17) is 9.47 Å². The van der Waals surface area contributed by atoms with Gasteiger partial charge in [0.05, 0.1) is 17.9 Å². The number of para-hydroxylation sites is 3. The number of hydrogen-bond acceptors (Lipinski definition) is 6. The zero-order valence-corrected chi connectivity index (χ0v) is 17.2. The predicted molar refractivity (Wildman–Crippen MR) is 111 cm³/mol. The highest BCUT2D eigenvalue weighted by molar-refractivity contribution is 5.99. The summed E-state index contributed by atoms with van der Waals surface area (Å²) in [7, 11) is 0. The van der Waals surface area contributed by atoms with Crippen molar-refractivity contribution in [2.45, 2.75) is 26.8 Å². The summed E-state index contributed by atoms with van der Waals surface area (Å²) < 4.78 is 10.5. The average molecular weight is 414 g/mol. The van der Waals surface area contributed by atoms with E-state index < -0.39 is 30.4 Å². The average Bonchev–Trinajstić information content (AvgIpc) is 2.72. The van der Waals surface area contributed by atoms with Gasteiger partial charge in [0.15, 0.2) is 6.61 Å². The Kier molecular flexibility index (Phi) is 8.22. The third kappa shape index (κ3) is 6.23. The topological polar surface area (TPSA) is 114 Å². The monoisotopic (exact) mass is 414 g/mol. The molecule has 3 N–H and O–H groups in total. The van der Waals surface area contributed by atoms with E-state index in [1.165, 1.54) is 12.1 Å². The molecule has 0 aromatic heterocycles. The van der Waals surface area contributed by atoms with Gasteiger partial charge in [-0.1, -0.05) is 38.1 Å². The number of rotatable bonds is 9. The Bertz CT molecular complexity index is 897. The molecule has 0 aliphatic rings. The van der Waals surface area contributed by atoms with Crippen molar-refractivity contribution >= 4 is 23.5 Å². The first kappa shape index (κ1) is 22.7. The quantitative estimate of drug-likeness (QED) is 0.429. The molecule has 0 bridgehead atoms. The Labute approximate surface area is 175 Å². The van der Waals surface area contributed by atoms with Gasteiger partial charge in [-0.2, -0.15) is 0 Å². The number of hydrogen-bond donors (Lipinski definition) is 3. The van der Waals surface area contributed by atoms with E-state index >= 15 is 0 Å². The molecule has 0 saturated carbocycles. The van der Waals surface area contributed by atoms with Gasteiger partial charge in [0.2, 0.25) is 0 Å². The standard InChI is InChI=1S/C22H26N2O6/c1-4-29-18-12-8-5-9-15(18)21(27)24-20(14(2)3)22(28)30-13-19(26)23-16-10-6-7-11-17(16)25/h5-12,14,20,25H,4,13H2,1-3H3,(H,23,26)(H,24,27)/t20-/m0/s1. The van der Waals surface area contributed by atoms with E-state index in [0.717, 1.165) is 0 Å². The van der Waals surface area contributed by atoms with Gasteiger partial charge in [-0.15, -0.1) is 0 Å². The van der Waals surface area contributed by atoms with Crippen molar-refractivity contribution in [1.82, 2.24) is 5.32 Å². The minimum Gasteiger partial charge on any atom is -0.506 e. The third-order valence-electron chi connectivity index (χ3n) is 4.16. The summed E-state index contributed by atoms with van der Waals surface area (Å²) in [5.74, 6) is -1.79. The first-order valence-corrected chi connectivity index (χ1v) is 9.60. The highest BCUT2D eigenvalue weighted by atomic mass is 16.5. The summed E-state index contributed by atoms with van der Waals surface area (Å²) in [6, 6.07) is 12.0. The maximum Gasteiger partial charge on any atom is 0.329 e. The summed E-state index contributed by atoms with van der Waals surface area (Å²) in [6.07, 6.45) is 0. The lowest BCUT2D eigenvalue weighted by Crippen LogP contribution is -2.46. The van der Waals surface area contributed by atoms with Crippen LogP contribution < -0.4 is 15.4 Å². The largest absolute Gasteiger partial charge is 0.506 e. The lowest BCUT2D eigenvalue weighted by Gasteiger charge is -2.21. The van der Waals surface area contributed by atoms with Crippen molar-refractivity contribution in [2.24, 2.45) is 5.92 Å². The second-order valence-electron chi connectivity index (χ2n) is 6.80. The SMILES string of the molecule is CCOc1ccccc1C(=O)N[C@H](C(=O)OCC(=O)Nc1ccccc1O)C(C)C. The summed E-state index contributed by atoms with van der Waals surface area (Å²) >= 11 is 0. The summed E-state index contributed by atoms with van der Waals surface area (Å²) in [5, 5.41) is 14.8. The Morgan fingerprint density at radius 3 is 2.37 bits per heavy atom. The van der Waals surface area contributed by atoms with E-state index in [9.17, 15) is 19.5 Å². The maximum atomic E-state index is 12.7. The number of ether oxygens (including phenoxy) is 2. The van der Waals surface area contributed by atoms with Crippen LogP contribution in [-0.2, 0) is 14.3 Å². The van der Waals surface area contributed by atoms with Crippen molar-refractivity contribution in [1.29, 1.82) is 0 Å². The maximum absolute atomic E-state index is 12.7. The predicted octanol–water partition coefficient (Wildman–Crippen LogP) is 2.73. The molecule has 0 heterocycles. The normalized spacial score (nSPS) is 11.5. The Morgan fingerprint density at radius 2 is 1.70 bits per heavy atom. The summed E-state index contributed by atoms with van der Waals surface area (Å²) in [5.41, 5.74) is 0.509. The van der Waals surface area contributed by atoms with E-state index in [1.807, 2.05) is 6.92 Å². The van der Waals surface area contributed by atoms with Crippen LogP contribution in [0.5, 0.6) is 11.5 Å². The van der Waals surface area contributed by atoms with Crippen LogP contribution in [0.3, 0.4) is 0 Å². The number of carbonyl (C=O) groups is 3. The zero-order chi connectivity index (χ0) is 22.1. The second-order valence-corrected chi connectivity index (χ2v) is 6.80. The van der Waals surface area contributed by atoms with Gasteiger partial charge in [0, 0.05) is 0 Å². The molecule has 160 valence electrons. The smallest absolute Gasteiger partial charge is 0.329 e. The summed E-state index contributed by atoms with van der Waals surface area (Å²) in [6.45, 7) is 5.16. The van der Waals surface area contributed by atoms with Crippen molar-refractivity contribution in [3.8, 4) is 11.5 Å². The van der Waals surface area contributed by atoms with Crippen molar-refractivity contribution < 1.29 is 29.0 Å². The van der Waals surface area contributed by atoms with Gasteiger partial charge < -0.3 is 25.2 Å². The molecule has 2 rings (SSSR count). The molecule has 8 heteroatoms. The molecule has 0 saturated heterocycles. The van der Waals surface area contributed by atoms with E-state index in [1.54, 1.807) is 50.2 Å². The van der Waals surface area contributed by atoms with Crippen molar-refractivity contribution in [3.63, 3.8) is 0 Å². The summed E-state index contributed by atoms with van der Waals surface area (Å²) in [4.78, 5) is 37.2. The van der Waals surface area contributed by atoms with Gasteiger partial charge in [0.1, 0.15) is 17.5 Å². The fourth-order valence-corrected chi connectivity index (χ4v) is 2.64. The number of aromatic hydroxyl groups is 1. The molecule has 0 fully saturated rings. The van der Waals surface area contributed by atoms with Crippen molar-refractivity contribution in [2.75, 3.05) is 18.5 Å². The van der Waals surface area contributed by atoms with Gasteiger partial charge in [-0.25, -0.2) is 4.79 Å². The molecule has 8 nitrogen and oxygen atoms in total. The lowest BCUT2D eigenvalue weighted by atomic mass is 10.0. The Morgan fingerprint density at radius 1 is 1.03 bits per heavy atom. The van der Waals surface area contributed by atoms with Crippen LogP contribution in [0, 0.1) is 5.92 Å². The molecule has 0 aliphatic carbocycles. The van der Waals surface area contributed by atoms with Crippen LogP contribution in [0.2, 0.25) is 0 Å². The van der Waals surface area contributed by atoms with Crippen LogP contribution in [-0.4, -0.2) is 42.1 Å². The lowest BCUT2D eigenvalue weighted by molar-refractivity contribution is -0.150. The Balaban J connectivity index is 1.98. The number of carbonyl (C=O) groups excluding carboxylic acids is 3. The number of phenolic OH excluding ortho intramolecular Hbond substituents is 1. The molecule has 0 aliphatic heterocycles. The first-order chi connectivity index (χ1) is 14.3. The minimum atomic E-state index is -0.954. The Hall–Kier alpha value is -3.55. The highest BCUT2D eigenvalue weighted by Crippen LogP contribution is 2.21.